The van der Waals surface area contributed by atoms with E-state index >= 15 is 0 Å². The smallest absolute Gasteiger partial charge is 0.280 e. The Morgan fingerprint density at radius 2 is 1.83 bits per heavy atom. The molecular weight excluding hydrogens is 404 g/mol. The van der Waals surface area contributed by atoms with Gasteiger partial charge in [0.15, 0.2) is 5.03 Å². The molecule has 4 rings (SSSR count). The van der Waals surface area contributed by atoms with Crippen molar-refractivity contribution >= 4 is 37.3 Å². The van der Waals surface area contributed by atoms with Gasteiger partial charge in [0.2, 0.25) is 0 Å². The molecule has 0 spiro atoms. The number of sulfonamides is 1. The number of thiophene rings is 1. The molecule has 29 heavy (non-hydrogen) atoms. The van der Waals surface area contributed by atoms with Crippen molar-refractivity contribution < 1.29 is 8.42 Å². The average Bonchev–Trinajstić information content (AvgIpc) is 3.14. The molecule has 0 saturated heterocycles. The summed E-state index contributed by atoms with van der Waals surface area (Å²) in [5.74, 6) is 0.633. The number of nitrogens with one attached hydrogen (secondary N) is 1. The number of benzene rings is 1. The number of fused-ring (bicyclic) bond motifs is 1. The van der Waals surface area contributed by atoms with Gasteiger partial charge in [-0.25, -0.2) is 9.97 Å². The highest BCUT2D eigenvalue weighted by Gasteiger charge is 2.23. The van der Waals surface area contributed by atoms with E-state index in [9.17, 15) is 8.42 Å². The molecule has 0 aliphatic heterocycles. The molecule has 0 fully saturated rings. The van der Waals surface area contributed by atoms with Gasteiger partial charge < -0.3 is 4.57 Å². The monoisotopic (exact) mass is 426 g/mol. The van der Waals surface area contributed by atoms with Gasteiger partial charge in [0, 0.05) is 34.8 Å². The van der Waals surface area contributed by atoms with E-state index in [1.807, 2.05) is 39.0 Å². The van der Waals surface area contributed by atoms with Crippen LogP contribution in [0.5, 0.6) is 0 Å². The zero-order valence-electron chi connectivity index (χ0n) is 16.9. The summed E-state index contributed by atoms with van der Waals surface area (Å²) in [5.41, 5.74) is 4.48. The molecule has 0 amide bonds. The van der Waals surface area contributed by atoms with Crippen molar-refractivity contribution in [3.63, 3.8) is 0 Å². The molecule has 0 aliphatic rings. The number of imidazole rings is 1. The van der Waals surface area contributed by atoms with Crippen molar-refractivity contribution in [1.82, 2.24) is 14.5 Å². The molecule has 150 valence electrons. The van der Waals surface area contributed by atoms with Crippen LogP contribution in [0, 0.1) is 27.7 Å². The molecule has 3 aromatic heterocycles. The first-order chi connectivity index (χ1) is 13.7. The van der Waals surface area contributed by atoms with Crippen LogP contribution >= 0.6 is 11.3 Å². The molecule has 3 heterocycles. The molecule has 0 saturated carbocycles. The lowest BCUT2D eigenvalue weighted by molar-refractivity contribution is 0.598. The summed E-state index contributed by atoms with van der Waals surface area (Å²) < 4.78 is 30.5. The quantitative estimate of drug-likeness (QED) is 0.512. The molecule has 1 aromatic carbocycles. The predicted octanol–water partition coefficient (Wildman–Crippen LogP) is 4.73. The summed E-state index contributed by atoms with van der Waals surface area (Å²) in [6.07, 6.45) is 1.52. The van der Waals surface area contributed by atoms with E-state index in [-0.39, 0.29) is 5.03 Å². The van der Waals surface area contributed by atoms with E-state index < -0.39 is 10.0 Å². The van der Waals surface area contributed by atoms with Crippen LogP contribution in [0.2, 0.25) is 0 Å². The maximum atomic E-state index is 13.0. The van der Waals surface area contributed by atoms with Crippen LogP contribution in [-0.2, 0) is 17.1 Å². The highest BCUT2D eigenvalue weighted by molar-refractivity contribution is 7.92. The van der Waals surface area contributed by atoms with E-state index in [1.54, 1.807) is 35.9 Å². The van der Waals surface area contributed by atoms with Crippen LogP contribution in [0.25, 0.3) is 21.3 Å². The third-order valence-electron chi connectivity index (χ3n) is 4.88. The topological polar surface area (TPSA) is 76.9 Å². The van der Waals surface area contributed by atoms with Gasteiger partial charge in [0.25, 0.3) is 10.0 Å². The molecule has 0 bridgehead atoms. The third-order valence-corrected chi connectivity index (χ3v) is 7.11. The number of aryl methyl sites for hydroxylation is 5. The Hall–Kier alpha value is -2.71. The van der Waals surface area contributed by atoms with Crippen molar-refractivity contribution in [3.8, 4) is 11.1 Å². The lowest BCUT2D eigenvalue weighted by atomic mass is 10.0. The van der Waals surface area contributed by atoms with Gasteiger partial charge in [-0.15, -0.1) is 11.3 Å². The van der Waals surface area contributed by atoms with Gasteiger partial charge in [-0.3, -0.25) is 4.72 Å². The summed E-state index contributed by atoms with van der Waals surface area (Å²) >= 11 is 1.57. The fraction of sp³-hybridized carbons (Fsp3) is 0.238. The van der Waals surface area contributed by atoms with Crippen molar-refractivity contribution in [2.75, 3.05) is 4.72 Å². The van der Waals surface area contributed by atoms with Gasteiger partial charge in [0.05, 0.1) is 5.69 Å². The summed E-state index contributed by atoms with van der Waals surface area (Å²) in [6, 6.07) is 9.98. The molecule has 4 aromatic rings. The van der Waals surface area contributed by atoms with Gasteiger partial charge in [-0.2, -0.15) is 8.42 Å². The SMILES string of the molecule is Cc1cccc(-c2c(C)sc3nc(C)cc(NS(=O)(=O)c4cn(C)c(C)n4)c23)c1. The molecule has 0 atom stereocenters. The van der Waals surface area contributed by atoms with Crippen LogP contribution in [-0.4, -0.2) is 23.0 Å². The van der Waals surface area contributed by atoms with Gasteiger partial charge in [-0.05, 0) is 39.3 Å². The predicted molar refractivity (Wildman–Crippen MR) is 118 cm³/mol. The van der Waals surface area contributed by atoms with Gasteiger partial charge >= 0.3 is 0 Å². The molecule has 0 unspecified atom stereocenters. The Bertz CT molecular complexity index is 1330. The highest BCUT2D eigenvalue weighted by atomic mass is 32.2. The minimum absolute atomic E-state index is 0.00386. The Balaban J connectivity index is 1.92. The van der Waals surface area contributed by atoms with Crippen LogP contribution in [0.3, 0.4) is 0 Å². The maximum Gasteiger partial charge on any atom is 0.280 e. The average molecular weight is 427 g/mol. The second kappa shape index (κ2) is 6.96. The molecule has 0 radical (unpaired) electrons. The molecule has 6 nitrogen and oxygen atoms in total. The number of rotatable bonds is 4. The summed E-state index contributed by atoms with van der Waals surface area (Å²) in [7, 11) is -2.05. The minimum Gasteiger partial charge on any atom is -0.337 e. The fourth-order valence-electron chi connectivity index (χ4n) is 3.41. The number of hydrogen-bond donors (Lipinski definition) is 1. The van der Waals surface area contributed by atoms with E-state index in [0.29, 0.717) is 11.5 Å². The van der Waals surface area contributed by atoms with Crippen LogP contribution in [0.4, 0.5) is 5.69 Å². The Labute approximate surface area is 174 Å². The number of anilines is 1. The maximum absolute atomic E-state index is 13.0. The number of nitrogens with zero attached hydrogens (tertiary/aromatic N) is 3. The van der Waals surface area contributed by atoms with E-state index in [4.69, 9.17) is 0 Å². The minimum atomic E-state index is -3.83. The first-order valence-electron chi connectivity index (χ1n) is 9.16. The molecule has 8 heteroatoms. The number of aromatic nitrogens is 3. The first-order valence-corrected chi connectivity index (χ1v) is 11.5. The lowest BCUT2D eigenvalue weighted by Gasteiger charge is -2.11. The second-order valence-electron chi connectivity index (χ2n) is 7.24. The van der Waals surface area contributed by atoms with Gasteiger partial charge in [-0.1, -0.05) is 29.8 Å². The zero-order valence-corrected chi connectivity index (χ0v) is 18.6. The van der Waals surface area contributed by atoms with Crippen molar-refractivity contribution in [3.05, 3.63) is 58.5 Å². The fourth-order valence-corrected chi connectivity index (χ4v) is 5.63. The highest BCUT2D eigenvalue weighted by Crippen LogP contribution is 2.42. The lowest BCUT2D eigenvalue weighted by Crippen LogP contribution is -2.14. The Morgan fingerprint density at radius 3 is 2.48 bits per heavy atom. The number of hydrogen-bond acceptors (Lipinski definition) is 5. The molecule has 0 aliphatic carbocycles. The van der Waals surface area contributed by atoms with Crippen molar-refractivity contribution in [2.45, 2.75) is 32.7 Å². The Kier molecular flexibility index (Phi) is 4.71. The van der Waals surface area contributed by atoms with E-state index in [2.05, 4.69) is 20.8 Å². The zero-order chi connectivity index (χ0) is 20.9. The normalized spacial score (nSPS) is 11.9. The van der Waals surface area contributed by atoms with E-state index in [1.165, 1.54) is 6.20 Å². The van der Waals surface area contributed by atoms with Crippen LogP contribution in [0.1, 0.15) is 22.0 Å². The van der Waals surface area contributed by atoms with Crippen molar-refractivity contribution in [2.24, 2.45) is 7.05 Å². The summed E-state index contributed by atoms with van der Waals surface area (Å²) in [6.45, 7) is 7.72. The molecule has 1 N–H and O–H groups in total. The molecular formula is C21H22N4O2S2. The third kappa shape index (κ3) is 3.54. The van der Waals surface area contributed by atoms with Gasteiger partial charge in [0.1, 0.15) is 10.7 Å². The number of pyridine rings is 1. The first kappa shape index (κ1) is 19.6. The largest absolute Gasteiger partial charge is 0.337 e. The Morgan fingerprint density at radius 1 is 1.07 bits per heavy atom. The van der Waals surface area contributed by atoms with Crippen LogP contribution in [0.15, 0.2) is 41.6 Å². The second-order valence-corrected chi connectivity index (χ2v) is 10.1. The van der Waals surface area contributed by atoms with Crippen molar-refractivity contribution in [1.29, 1.82) is 0 Å². The van der Waals surface area contributed by atoms with E-state index in [0.717, 1.165) is 37.5 Å². The standard InChI is InChI=1S/C21H22N4O2S2/c1-12-7-6-8-16(9-12)19-14(3)28-21-20(19)17(10-13(2)22-21)24-29(26,27)18-11-25(5)15(4)23-18/h6-11H,1-5H3,(H,22,24). The summed E-state index contributed by atoms with van der Waals surface area (Å²) in [5, 5.41) is 0.823. The van der Waals surface area contributed by atoms with Crippen LogP contribution < -0.4 is 4.72 Å². The summed E-state index contributed by atoms with van der Waals surface area (Å²) in [4.78, 5) is 10.7.